The van der Waals surface area contributed by atoms with Gasteiger partial charge in [0.05, 0.1) is 12.3 Å². The average molecular weight is 345 g/mol. The number of amidine groups is 1. The molecule has 0 fully saturated rings. The molecule has 0 atom stereocenters. The summed E-state index contributed by atoms with van der Waals surface area (Å²) in [7, 11) is 0. The zero-order valence-electron chi connectivity index (χ0n) is 14.9. The van der Waals surface area contributed by atoms with E-state index in [1.54, 1.807) is 12.1 Å². The van der Waals surface area contributed by atoms with E-state index in [0.717, 1.165) is 41.2 Å². The van der Waals surface area contributed by atoms with Gasteiger partial charge < -0.3 is 19.8 Å². The number of rotatable bonds is 6. The summed E-state index contributed by atoms with van der Waals surface area (Å²) in [6.07, 6.45) is 1.57. The summed E-state index contributed by atoms with van der Waals surface area (Å²) in [5.41, 5.74) is 3.11. The van der Waals surface area contributed by atoms with Crippen molar-refractivity contribution in [2.45, 2.75) is 40.5 Å². The molecule has 7 heteroatoms. The summed E-state index contributed by atoms with van der Waals surface area (Å²) in [5, 5.41) is 17.9. The molecule has 1 amide bonds. The molecule has 1 aromatic carbocycles. The van der Waals surface area contributed by atoms with Crippen molar-refractivity contribution in [3.8, 4) is 5.75 Å². The van der Waals surface area contributed by atoms with E-state index in [1.165, 1.54) is 6.92 Å². The van der Waals surface area contributed by atoms with Crippen LogP contribution in [-0.2, 0) is 6.42 Å². The van der Waals surface area contributed by atoms with Gasteiger partial charge in [0.2, 0.25) is 0 Å². The summed E-state index contributed by atoms with van der Waals surface area (Å²) in [4.78, 5) is 12.1. The lowest BCUT2D eigenvalue weighted by atomic mass is 10.0. The minimum absolute atomic E-state index is 0.142. The van der Waals surface area contributed by atoms with Crippen LogP contribution in [0, 0.1) is 20.8 Å². The molecule has 0 radical (unpaired) electrons. The number of aryl methyl sites for hydroxylation is 4. The maximum Gasteiger partial charge on any atom is 0.256 e. The molecule has 0 aliphatic rings. The molecule has 25 heavy (non-hydrogen) atoms. The Hall–Kier alpha value is -2.83. The highest BCUT2D eigenvalue weighted by molar-refractivity contribution is 6.05. The van der Waals surface area contributed by atoms with Crippen LogP contribution < -0.4 is 10.1 Å². The van der Waals surface area contributed by atoms with Crippen molar-refractivity contribution in [3.05, 3.63) is 46.3 Å². The van der Waals surface area contributed by atoms with Gasteiger partial charge in [-0.15, -0.1) is 0 Å². The van der Waals surface area contributed by atoms with E-state index < -0.39 is 0 Å². The third kappa shape index (κ3) is 5.07. The maximum absolute atomic E-state index is 12.1. The molecule has 1 heterocycles. The van der Waals surface area contributed by atoms with Gasteiger partial charge in [-0.2, -0.15) is 0 Å². The topological polar surface area (TPSA) is 97.0 Å². The van der Waals surface area contributed by atoms with E-state index in [2.05, 4.69) is 15.6 Å². The number of benzene rings is 1. The summed E-state index contributed by atoms with van der Waals surface area (Å²) < 4.78 is 11.0. The first kappa shape index (κ1) is 18.5. The van der Waals surface area contributed by atoms with Gasteiger partial charge in [0, 0.05) is 18.1 Å². The average Bonchev–Trinajstić information content (AvgIpc) is 2.98. The number of hydrogen-bond donors (Lipinski definition) is 2. The normalized spacial score (nSPS) is 11.4. The Morgan fingerprint density at radius 3 is 2.52 bits per heavy atom. The summed E-state index contributed by atoms with van der Waals surface area (Å²) in [5.74, 6) is 1.44. The third-order valence-electron chi connectivity index (χ3n) is 3.66. The van der Waals surface area contributed by atoms with Gasteiger partial charge in [0.15, 0.2) is 0 Å². The summed E-state index contributed by atoms with van der Waals surface area (Å²) in [6.45, 7) is 7.73. The number of nitrogens with zero attached hydrogens (tertiary/aromatic N) is 2. The van der Waals surface area contributed by atoms with Gasteiger partial charge in [0.1, 0.15) is 17.3 Å². The Bertz CT molecular complexity index is 757. The molecule has 2 N–H and O–H groups in total. The van der Waals surface area contributed by atoms with Crippen molar-refractivity contribution < 1.29 is 19.3 Å². The first-order chi connectivity index (χ1) is 11.9. The van der Waals surface area contributed by atoms with Crippen molar-refractivity contribution in [3.63, 3.8) is 0 Å². The lowest BCUT2D eigenvalue weighted by molar-refractivity contribution is 0.0975. The van der Waals surface area contributed by atoms with Crippen molar-refractivity contribution in [1.82, 2.24) is 10.5 Å². The molecule has 1 aromatic heterocycles. The van der Waals surface area contributed by atoms with Crippen molar-refractivity contribution in [2.24, 2.45) is 5.16 Å². The molecule has 134 valence electrons. The highest BCUT2D eigenvalue weighted by Crippen LogP contribution is 2.25. The number of carbonyl (C=O) groups is 1. The van der Waals surface area contributed by atoms with Crippen LogP contribution in [0.15, 0.2) is 27.9 Å². The van der Waals surface area contributed by atoms with Crippen LogP contribution in [0.25, 0.3) is 0 Å². The lowest BCUT2D eigenvalue weighted by Crippen LogP contribution is -2.28. The van der Waals surface area contributed by atoms with E-state index in [1.807, 2.05) is 26.8 Å². The molecule has 7 nitrogen and oxygen atoms in total. The highest BCUT2D eigenvalue weighted by Gasteiger charge is 2.12. The second kappa shape index (κ2) is 8.32. The van der Waals surface area contributed by atoms with Crippen molar-refractivity contribution >= 4 is 11.7 Å². The Morgan fingerprint density at radius 2 is 1.96 bits per heavy atom. The van der Waals surface area contributed by atoms with Crippen molar-refractivity contribution in [1.29, 1.82) is 0 Å². The fourth-order valence-corrected chi connectivity index (χ4v) is 2.53. The molecule has 2 aromatic rings. The molecular formula is C18H23N3O4. The SMILES string of the molecule is C/C(=N\O)NC(=O)c1cc(C)c(OCCCc2cc(C)no2)c(C)c1. The molecule has 0 unspecified atom stereocenters. The number of amides is 1. The number of aromatic nitrogens is 1. The van der Waals surface area contributed by atoms with Gasteiger partial charge in [0.25, 0.3) is 5.91 Å². The minimum Gasteiger partial charge on any atom is -0.493 e. The van der Waals surface area contributed by atoms with Crippen LogP contribution in [0.4, 0.5) is 0 Å². The fourth-order valence-electron chi connectivity index (χ4n) is 2.53. The molecule has 0 aliphatic carbocycles. The largest absolute Gasteiger partial charge is 0.493 e. The lowest BCUT2D eigenvalue weighted by Gasteiger charge is -2.14. The van der Waals surface area contributed by atoms with E-state index in [0.29, 0.717) is 12.2 Å². The van der Waals surface area contributed by atoms with Crippen LogP contribution in [-0.4, -0.2) is 28.7 Å². The van der Waals surface area contributed by atoms with Crippen LogP contribution in [0.5, 0.6) is 5.75 Å². The van der Waals surface area contributed by atoms with Crippen LogP contribution in [0.1, 0.15) is 46.3 Å². The Balaban J connectivity index is 1.96. The van der Waals surface area contributed by atoms with Gasteiger partial charge >= 0.3 is 0 Å². The van der Waals surface area contributed by atoms with Gasteiger partial charge in [-0.1, -0.05) is 10.3 Å². The second-order valence-corrected chi connectivity index (χ2v) is 5.97. The van der Waals surface area contributed by atoms with Crippen molar-refractivity contribution in [2.75, 3.05) is 6.61 Å². The standard InChI is InChI=1S/C18H23N3O4/c1-11-8-15(18(22)19-14(4)20-23)9-12(2)17(11)24-7-5-6-16-10-13(3)21-25-16/h8-10,23H,5-7H2,1-4H3,(H,19,20,22). The molecule has 0 spiro atoms. The van der Waals surface area contributed by atoms with Gasteiger partial charge in [-0.25, -0.2) is 0 Å². The zero-order valence-corrected chi connectivity index (χ0v) is 14.9. The molecular weight excluding hydrogens is 322 g/mol. The Morgan fingerprint density at radius 1 is 1.28 bits per heavy atom. The third-order valence-corrected chi connectivity index (χ3v) is 3.66. The number of nitrogens with one attached hydrogen (secondary N) is 1. The summed E-state index contributed by atoms with van der Waals surface area (Å²) >= 11 is 0. The quantitative estimate of drug-likeness (QED) is 0.276. The van der Waals surface area contributed by atoms with E-state index >= 15 is 0 Å². The van der Waals surface area contributed by atoms with Gasteiger partial charge in [-0.05, 0) is 57.4 Å². The highest BCUT2D eigenvalue weighted by atomic mass is 16.5. The van der Waals surface area contributed by atoms with E-state index in [4.69, 9.17) is 14.5 Å². The smallest absolute Gasteiger partial charge is 0.256 e. The molecule has 0 bridgehead atoms. The maximum atomic E-state index is 12.1. The number of ether oxygens (including phenoxy) is 1. The number of hydrogen-bond acceptors (Lipinski definition) is 6. The van der Waals surface area contributed by atoms with E-state index in [9.17, 15) is 4.79 Å². The van der Waals surface area contributed by atoms with Crippen LogP contribution in [0.2, 0.25) is 0 Å². The number of oxime groups is 1. The minimum atomic E-state index is -0.325. The molecule has 0 saturated heterocycles. The zero-order chi connectivity index (χ0) is 18.4. The molecule has 2 rings (SSSR count). The van der Waals surface area contributed by atoms with Gasteiger partial charge in [-0.3, -0.25) is 4.79 Å². The predicted octanol–water partition coefficient (Wildman–Crippen LogP) is 3.15. The Kier molecular flexibility index (Phi) is 6.16. The fraction of sp³-hybridized carbons (Fsp3) is 0.389. The molecule has 0 aliphatic heterocycles. The number of carbonyl (C=O) groups excluding carboxylic acids is 1. The second-order valence-electron chi connectivity index (χ2n) is 5.97. The van der Waals surface area contributed by atoms with E-state index in [-0.39, 0.29) is 11.7 Å². The predicted molar refractivity (Wildman–Crippen MR) is 93.3 cm³/mol. The van der Waals surface area contributed by atoms with Crippen LogP contribution >= 0.6 is 0 Å². The summed E-state index contributed by atoms with van der Waals surface area (Å²) in [6, 6.07) is 5.42. The monoisotopic (exact) mass is 345 g/mol. The molecule has 0 saturated carbocycles. The Labute approximate surface area is 146 Å². The van der Waals surface area contributed by atoms with Crippen LogP contribution in [0.3, 0.4) is 0 Å². The first-order valence-corrected chi connectivity index (χ1v) is 8.07. The first-order valence-electron chi connectivity index (χ1n) is 8.07.